The number of amides is 2. The predicted molar refractivity (Wildman–Crippen MR) is 151 cm³/mol. The SMILES string of the molecule is CCn1cc(S(=O)(=O)N2C[C@H](C(NC(C)=O)C3CC3)Oc3ccc(NC(=O)OC(C)(C)C(F)(F)F)cc32)c(OCC(=O)OC)n1. The lowest BCUT2D eigenvalue weighted by Crippen LogP contribution is -2.55. The molecule has 1 unspecified atom stereocenters. The molecule has 1 aromatic carbocycles. The molecular formula is C27H34F3N5O9S. The number of hydrogen-bond acceptors (Lipinski definition) is 10. The van der Waals surface area contributed by atoms with E-state index in [9.17, 15) is 36.0 Å². The van der Waals surface area contributed by atoms with Crippen molar-refractivity contribution in [2.75, 3.05) is 29.9 Å². The van der Waals surface area contributed by atoms with Crippen LogP contribution in [-0.2, 0) is 35.6 Å². The van der Waals surface area contributed by atoms with Crippen LogP contribution in [0.4, 0.5) is 29.3 Å². The fourth-order valence-electron chi connectivity index (χ4n) is 4.53. The molecule has 45 heavy (non-hydrogen) atoms. The highest BCUT2D eigenvalue weighted by atomic mass is 32.2. The van der Waals surface area contributed by atoms with Crippen molar-refractivity contribution in [3.8, 4) is 11.6 Å². The van der Waals surface area contributed by atoms with Gasteiger partial charge in [-0.1, -0.05) is 0 Å². The van der Waals surface area contributed by atoms with Crippen molar-refractivity contribution in [2.45, 2.75) is 75.9 Å². The van der Waals surface area contributed by atoms with E-state index in [-0.39, 0.29) is 47.9 Å². The number of nitrogens with one attached hydrogen (secondary N) is 2. The van der Waals surface area contributed by atoms with E-state index >= 15 is 0 Å². The maximum absolute atomic E-state index is 14.3. The molecule has 1 saturated carbocycles. The summed E-state index contributed by atoms with van der Waals surface area (Å²) in [4.78, 5) is 35.8. The fourth-order valence-corrected chi connectivity index (χ4v) is 6.09. The van der Waals surface area contributed by atoms with Crippen molar-refractivity contribution in [1.82, 2.24) is 15.1 Å². The lowest BCUT2D eigenvalue weighted by Gasteiger charge is -2.39. The van der Waals surface area contributed by atoms with E-state index in [4.69, 9.17) is 9.47 Å². The smallest absolute Gasteiger partial charge is 0.427 e. The molecule has 248 valence electrons. The first kappa shape index (κ1) is 33.7. The third kappa shape index (κ3) is 7.54. The number of carbonyl (C=O) groups excluding carboxylic acids is 3. The van der Waals surface area contributed by atoms with Gasteiger partial charge in [-0.2, -0.15) is 13.2 Å². The van der Waals surface area contributed by atoms with Crippen LogP contribution < -0.4 is 24.4 Å². The molecule has 1 aliphatic carbocycles. The van der Waals surface area contributed by atoms with Crippen LogP contribution in [0, 0.1) is 5.92 Å². The number of methoxy groups -OCH3 is 1. The molecule has 1 aromatic heterocycles. The number of benzene rings is 1. The number of anilines is 2. The van der Waals surface area contributed by atoms with Gasteiger partial charge in [-0.25, -0.2) is 18.0 Å². The molecule has 0 saturated heterocycles. The molecule has 2 atom stereocenters. The molecule has 1 aliphatic heterocycles. The van der Waals surface area contributed by atoms with Crippen LogP contribution in [0.15, 0.2) is 29.3 Å². The number of halogens is 3. The molecule has 1 fully saturated rings. The first-order chi connectivity index (χ1) is 21.0. The molecule has 4 rings (SSSR count). The van der Waals surface area contributed by atoms with Gasteiger partial charge >= 0.3 is 18.2 Å². The average molecular weight is 662 g/mol. The van der Waals surface area contributed by atoms with E-state index in [0.29, 0.717) is 13.8 Å². The number of alkyl halides is 3. The quantitative estimate of drug-likeness (QED) is 0.341. The zero-order chi connectivity index (χ0) is 33.3. The number of carbonyl (C=O) groups is 3. The van der Waals surface area contributed by atoms with E-state index in [1.165, 1.54) is 36.0 Å². The highest BCUT2D eigenvalue weighted by Crippen LogP contribution is 2.43. The maximum Gasteiger partial charge on any atom is 0.427 e. The van der Waals surface area contributed by atoms with Crippen molar-refractivity contribution in [3.05, 3.63) is 24.4 Å². The highest BCUT2D eigenvalue weighted by Gasteiger charge is 2.51. The highest BCUT2D eigenvalue weighted by molar-refractivity contribution is 7.93. The third-order valence-electron chi connectivity index (χ3n) is 7.17. The second kappa shape index (κ2) is 12.6. The van der Waals surface area contributed by atoms with Gasteiger partial charge in [-0.05, 0) is 57.7 Å². The monoisotopic (exact) mass is 661 g/mol. The van der Waals surface area contributed by atoms with Crippen molar-refractivity contribution in [3.63, 3.8) is 0 Å². The summed E-state index contributed by atoms with van der Waals surface area (Å²) in [6, 6.07) is 3.31. The number of fused-ring (bicyclic) bond motifs is 1. The topological polar surface area (TPSA) is 167 Å². The van der Waals surface area contributed by atoms with Gasteiger partial charge in [0, 0.05) is 25.4 Å². The Morgan fingerprint density at radius 1 is 1.20 bits per heavy atom. The molecule has 2 heterocycles. The van der Waals surface area contributed by atoms with Gasteiger partial charge in [0.2, 0.25) is 11.5 Å². The van der Waals surface area contributed by atoms with Gasteiger partial charge in [-0.15, -0.1) is 5.10 Å². The molecule has 0 spiro atoms. The molecule has 2 N–H and O–H groups in total. The Kier molecular flexibility index (Phi) is 9.46. The van der Waals surface area contributed by atoms with E-state index in [1.807, 2.05) is 0 Å². The Hall–Kier alpha value is -4.22. The Balaban J connectivity index is 1.75. The van der Waals surface area contributed by atoms with Crippen molar-refractivity contribution >= 4 is 39.4 Å². The molecule has 0 bridgehead atoms. The van der Waals surface area contributed by atoms with Crippen LogP contribution >= 0.6 is 0 Å². The standard InChI is InChI=1S/C27H34F3N5O9S/c1-6-34-13-21(24(33-34)42-14-22(37)41-5)45(39,40)35-12-20(23(16-7-8-16)31-15(2)36)43-19-10-9-17(11-18(19)35)32-25(38)44-26(3,4)27(28,29)30/h9-11,13,16,20,23H,6-8,12,14H2,1-5H3,(H,31,36)(H,32,38)/t20-,23?/m1/s1. The molecule has 2 aromatic rings. The first-order valence-electron chi connectivity index (χ1n) is 13.9. The molecule has 2 aliphatic rings. The second-order valence-electron chi connectivity index (χ2n) is 11.0. The van der Waals surface area contributed by atoms with Crippen LogP contribution in [0.5, 0.6) is 11.6 Å². The summed E-state index contributed by atoms with van der Waals surface area (Å²) in [5.41, 5.74) is -2.97. The maximum atomic E-state index is 14.3. The van der Waals surface area contributed by atoms with Gasteiger partial charge in [0.05, 0.1) is 25.4 Å². The molecular weight excluding hydrogens is 627 g/mol. The number of rotatable bonds is 11. The number of aryl methyl sites for hydroxylation is 1. The summed E-state index contributed by atoms with van der Waals surface area (Å²) in [7, 11) is -3.42. The fraction of sp³-hybridized carbons (Fsp3) is 0.556. The van der Waals surface area contributed by atoms with Gasteiger partial charge in [0.1, 0.15) is 11.9 Å². The van der Waals surface area contributed by atoms with Crippen molar-refractivity contribution in [2.24, 2.45) is 5.92 Å². The average Bonchev–Trinajstić information content (AvgIpc) is 3.70. The molecule has 14 nitrogen and oxygen atoms in total. The number of hydrogen-bond donors (Lipinski definition) is 2. The van der Waals surface area contributed by atoms with E-state index < -0.39 is 57.5 Å². The minimum Gasteiger partial charge on any atom is -0.484 e. The second-order valence-corrected chi connectivity index (χ2v) is 12.8. The summed E-state index contributed by atoms with van der Waals surface area (Å²) >= 11 is 0. The largest absolute Gasteiger partial charge is 0.484 e. The molecule has 2 amide bonds. The number of sulfonamides is 1. The summed E-state index contributed by atoms with van der Waals surface area (Å²) < 4.78 is 91.4. The summed E-state index contributed by atoms with van der Waals surface area (Å²) in [6.07, 6.45) is -4.33. The predicted octanol–water partition coefficient (Wildman–Crippen LogP) is 3.22. The van der Waals surface area contributed by atoms with Crippen LogP contribution in [0.3, 0.4) is 0 Å². The molecule has 18 heteroatoms. The summed E-state index contributed by atoms with van der Waals surface area (Å²) in [5, 5.41) is 9.16. The van der Waals surface area contributed by atoms with Crippen molar-refractivity contribution in [1.29, 1.82) is 0 Å². The lowest BCUT2D eigenvalue weighted by molar-refractivity contribution is -0.242. The number of esters is 1. The van der Waals surface area contributed by atoms with Gasteiger partial charge in [0.25, 0.3) is 15.9 Å². The van der Waals surface area contributed by atoms with Crippen LogP contribution in [0.1, 0.15) is 40.5 Å². The lowest BCUT2D eigenvalue weighted by atomic mass is 10.0. The minimum absolute atomic E-state index is 0.0412. The Morgan fingerprint density at radius 3 is 2.47 bits per heavy atom. The zero-order valence-corrected chi connectivity index (χ0v) is 26.0. The van der Waals surface area contributed by atoms with Gasteiger partial charge in [-0.3, -0.25) is 19.1 Å². The van der Waals surface area contributed by atoms with Gasteiger partial charge < -0.3 is 24.3 Å². The van der Waals surface area contributed by atoms with Crippen LogP contribution in [0.25, 0.3) is 0 Å². The van der Waals surface area contributed by atoms with E-state index in [0.717, 1.165) is 24.3 Å². The van der Waals surface area contributed by atoms with E-state index in [1.54, 1.807) is 6.92 Å². The summed E-state index contributed by atoms with van der Waals surface area (Å²) in [6.45, 7) is 3.73. The van der Waals surface area contributed by atoms with Crippen molar-refractivity contribution < 1.29 is 54.9 Å². The van der Waals surface area contributed by atoms with Crippen LogP contribution in [0.2, 0.25) is 0 Å². The normalized spacial score (nSPS) is 17.4. The Labute approximate surface area is 257 Å². The number of nitrogens with zero attached hydrogens (tertiary/aromatic N) is 3. The number of aromatic nitrogens is 2. The van der Waals surface area contributed by atoms with E-state index in [2.05, 4.69) is 25.2 Å². The van der Waals surface area contributed by atoms with Crippen LogP contribution in [-0.4, -0.2) is 80.4 Å². The number of ether oxygens (including phenoxy) is 4. The minimum atomic E-state index is -4.85. The zero-order valence-electron chi connectivity index (χ0n) is 25.1. The first-order valence-corrected chi connectivity index (χ1v) is 15.3. The van der Waals surface area contributed by atoms with Gasteiger partial charge in [0.15, 0.2) is 11.5 Å². The Bertz CT molecular complexity index is 1560. The Morgan fingerprint density at radius 2 is 1.89 bits per heavy atom. The molecule has 0 radical (unpaired) electrons. The summed E-state index contributed by atoms with van der Waals surface area (Å²) in [5.74, 6) is -1.39. The third-order valence-corrected chi connectivity index (χ3v) is 8.93.